The fraction of sp³-hybridized carbons (Fsp3) is 0.818. The van der Waals surface area contributed by atoms with Gasteiger partial charge in [0.25, 0.3) is 0 Å². The second-order valence-electron chi connectivity index (χ2n) is 5.50. The van der Waals surface area contributed by atoms with Crippen molar-refractivity contribution in [3.63, 3.8) is 0 Å². The first kappa shape index (κ1) is 11.9. The summed E-state index contributed by atoms with van der Waals surface area (Å²) in [6, 6.07) is 0. The fourth-order valence-electron chi connectivity index (χ4n) is 1.74. The van der Waals surface area contributed by atoms with Crippen molar-refractivity contribution in [2.45, 2.75) is 39.2 Å². The summed E-state index contributed by atoms with van der Waals surface area (Å²) in [7, 11) is 0. The third-order valence-electron chi connectivity index (χ3n) is 2.54. The highest BCUT2D eigenvalue weighted by atomic mass is 32.2. The van der Waals surface area contributed by atoms with E-state index in [0.717, 1.165) is 23.8 Å². The molecule has 1 N–H and O–H groups in total. The number of aliphatic hydroxyl groups is 1. The molecule has 1 aliphatic rings. The molecule has 2 unspecified atom stereocenters. The van der Waals surface area contributed by atoms with Crippen molar-refractivity contribution in [3.8, 4) is 0 Å². The monoisotopic (exact) mass is 242 g/mol. The molecule has 16 heavy (non-hydrogen) atoms. The van der Waals surface area contributed by atoms with Crippen molar-refractivity contribution >= 4 is 11.8 Å². The van der Waals surface area contributed by atoms with E-state index in [9.17, 15) is 5.11 Å². The zero-order valence-corrected chi connectivity index (χ0v) is 10.8. The minimum Gasteiger partial charge on any atom is -0.391 e. The van der Waals surface area contributed by atoms with E-state index in [0.29, 0.717) is 5.89 Å². The molecule has 90 valence electrons. The molecule has 1 aromatic rings. The molecule has 2 atom stereocenters. The fourth-order valence-corrected chi connectivity index (χ4v) is 2.97. The van der Waals surface area contributed by atoms with Gasteiger partial charge in [0.05, 0.1) is 12.0 Å². The molecule has 5 heteroatoms. The SMILES string of the molecule is CC(C)(C)Cc1noc(C2CSCC2O)n1. The van der Waals surface area contributed by atoms with Gasteiger partial charge < -0.3 is 9.63 Å². The maximum Gasteiger partial charge on any atom is 0.233 e. The van der Waals surface area contributed by atoms with E-state index in [4.69, 9.17) is 4.52 Å². The predicted octanol–water partition coefficient (Wildman–Crippen LogP) is 1.85. The second kappa shape index (κ2) is 4.37. The van der Waals surface area contributed by atoms with Crippen LogP contribution in [0.3, 0.4) is 0 Å². The van der Waals surface area contributed by atoms with E-state index in [1.165, 1.54) is 0 Å². The Morgan fingerprint density at radius 3 is 2.75 bits per heavy atom. The van der Waals surface area contributed by atoms with E-state index in [1.54, 1.807) is 11.8 Å². The van der Waals surface area contributed by atoms with Gasteiger partial charge in [-0.15, -0.1) is 0 Å². The van der Waals surface area contributed by atoms with Crippen LogP contribution in [0.15, 0.2) is 4.52 Å². The molecule has 4 nitrogen and oxygen atoms in total. The zero-order valence-electron chi connectivity index (χ0n) is 9.93. The van der Waals surface area contributed by atoms with Crippen molar-refractivity contribution < 1.29 is 9.63 Å². The molecule has 2 rings (SSSR count). The molecule has 0 aromatic carbocycles. The van der Waals surface area contributed by atoms with Gasteiger partial charge in [-0.3, -0.25) is 0 Å². The summed E-state index contributed by atoms with van der Waals surface area (Å²) in [5, 5.41) is 13.7. The van der Waals surface area contributed by atoms with Gasteiger partial charge in [-0.1, -0.05) is 25.9 Å². The molecule has 1 fully saturated rings. The first-order valence-corrected chi connectivity index (χ1v) is 6.69. The summed E-state index contributed by atoms with van der Waals surface area (Å²) in [6.07, 6.45) is 0.458. The quantitative estimate of drug-likeness (QED) is 0.857. The molecule has 0 aliphatic carbocycles. The highest BCUT2D eigenvalue weighted by Gasteiger charge is 2.32. The van der Waals surface area contributed by atoms with Crippen LogP contribution < -0.4 is 0 Å². The van der Waals surface area contributed by atoms with Crippen LogP contribution in [0.1, 0.15) is 38.4 Å². The Kier molecular flexibility index (Phi) is 3.26. The third-order valence-corrected chi connectivity index (χ3v) is 3.71. The first-order valence-electron chi connectivity index (χ1n) is 5.54. The van der Waals surface area contributed by atoms with Crippen molar-refractivity contribution in [2.75, 3.05) is 11.5 Å². The number of rotatable bonds is 2. The van der Waals surface area contributed by atoms with E-state index < -0.39 is 0 Å². The van der Waals surface area contributed by atoms with E-state index >= 15 is 0 Å². The third kappa shape index (κ3) is 2.77. The maximum atomic E-state index is 9.74. The van der Waals surface area contributed by atoms with Crippen LogP contribution in [-0.2, 0) is 6.42 Å². The van der Waals surface area contributed by atoms with Crippen LogP contribution in [0.2, 0.25) is 0 Å². The van der Waals surface area contributed by atoms with Crippen molar-refractivity contribution in [3.05, 3.63) is 11.7 Å². The first-order chi connectivity index (χ1) is 7.46. The Balaban J connectivity index is 2.07. The molecule has 0 amide bonds. The average Bonchev–Trinajstić information content (AvgIpc) is 2.71. The Hall–Kier alpha value is -0.550. The Morgan fingerprint density at radius 1 is 1.44 bits per heavy atom. The van der Waals surface area contributed by atoms with Crippen LogP contribution >= 0.6 is 11.8 Å². The molecular weight excluding hydrogens is 224 g/mol. The van der Waals surface area contributed by atoms with Crippen LogP contribution in [-0.4, -0.2) is 32.9 Å². The van der Waals surface area contributed by atoms with Gasteiger partial charge in [0.2, 0.25) is 5.89 Å². The normalized spacial score (nSPS) is 26.2. The van der Waals surface area contributed by atoms with E-state index in [2.05, 4.69) is 30.9 Å². The van der Waals surface area contributed by atoms with Crippen LogP contribution in [0.5, 0.6) is 0 Å². The lowest BCUT2D eigenvalue weighted by atomic mass is 9.92. The van der Waals surface area contributed by atoms with E-state index in [-0.39, 0.29) is 17.4 Å². The summed E-state index contributed by atoms with van der Waals surface area (Å²) in [5.74, 6) is 2.99. The lowest BCUT2D eigenvalue weighted by Crippen LogP contribution is -2.16. The molecule has 0 spiro atoms. The lowest BCUT2D eigenvalue weighted by Gasteiger charge is -2.14. The number of hydrogen-bond donors (Lipinski definition) is 1. The summed E-state index contributed by atoms with van der Waals surface area (Å²) in [5.41, 5.74) is 0.157. The minimum atomic E-state index is -0.340. The van der Waals surface area contributed by atoms with Gasteiger partial charge in [0.1, 0.15) is 0 Å². The zero-order chi connectivity index (χ0) is 11.8. The van der Waals surface area contributed by atoms with Crippen molar-refractivity contribution in [2.24, 2.45) is 5.41 Å². The molecule has 2 heterocycles. The number of aromatic nitrogens is 2. The van der Waals surface area contributed by atoms with Crippen LogP contribution in [0.4, 0.5) is 0 Å². The number of hydrogen-bond acceptors (Lipinski definition) is 5. The van der Waals surface area contributed by atoms with Crippen LogP contribution in [0.25, 0.3) is 0 Å². The van der Waals surface area contributed by atoms with Gasteiger partial charge >= 0.3 is 0 Å². The standard InChI is InChI=1S/C11H18N2O2S/c1-11(2,3)4-9-12-10(15-13-9)7-5-16-6-8(7)14/h7-8,14H,4-6H2,1-3H3. The van der Waals surface area contributed by atoms with Crippen molar-refractivity contribution in [1.29, 1.82) is 0 Å². The molecule has 0 radical (unpaired) electrons. The summed E-state index contributed by atoms with van der Waals surface area (Å²) in [4.78, 5) is 4.38. The number of aliphatic hydroxyl groups excluding tert-OH is 1. The molecule has 1 aromatic heterocycles. The highest BCUT2D eigenvalue weighted by Crippen LogP contribution is 2.32. The summed E-state index contributed by atoms with van der Waals surface area (Å²) >= 11 is 1.73. The average molecular weight is 242 g/mol. The molecular formula is C11H18N2O2S. The lowest BCUT2D eigenvalue weighted by molar-refractivity contribution is 0.164. The topological polar surface area (TPSA) is 59.2 Å². The predicted molar refractivity (Wildman–Crippen MR) is 63.5 cm³/mol. The van der Waals surface area contributed by atoms with E-state index in [1.807, 2.05) is 0 Å². The minimum absolute atomic E-state index is 0.0196. The van der Waals surface area contributed by atoms with Gasteiger partial charge in [0, 0.05) is 17.9 Å². The summed E-state index contributed by atoms with van der Waals surface area (Å²) < 4.78 is 5.23. The van der Waals surface area contributed by atoms with Gasteiger partial charge in [0.15, 0.2) is 5.82 Å². The van der Waals surface area contributed by atoms with Crippen molar-refractivity contribution in [1.82, 2.24) is 10.1 Å². The second-order valence-corrected chi connectivity index (χ2v) is 6.57. The van der Waals surface area contributed by atoms with Gasteiger partial charge in [-0.05, 0) is 5.41 Å². The highest BCUT2D eigenvalue weighted by molar-refractivity contribution is 7.99. The molecule has 1 saturated heterocycles. The Morgan fingerprint density at radius 2 is 2.19 bits per heavy atom. The maximum absolute atomic E-state index is 9.74. The largest absolute Gasteiger partial charge is 0.391 e. The molecule has 1 aliphatic heterocycles. The van der Waals surface area contributed by atoms with Gasteiger partial charge in [-0.2, -0.15) is 16.7 Å². The number of nitrogens with zero attached hydrogens (tertiary/aromatic N) is 2. The molecule has 0 saturated carbocycles. The van der Waals surface area contributed by atoms with Crippen LogP contribution in [0, 0.1) is 5.41 Å². The Bertz CT molecular complexity index is 359. The van der Waals surface area contributed by atoms with Gasteiger partial charge in [-0.25, -0.2) is 0 Å². The summed E-state index contributed by atoms with van der Waals surface area (Å²) in [6.45, 7) is 6.43. The Labute approximate surface area is 99.8 Å². The molecule has 0 bridgehead atoms. The smallest absolute Gasteiger partial charge is 0.233 e. The number of thioether (sulfide) groups is 1.